The third kappa shape index (κ3) is 3.33. The maximum absolute atomic E-state index is 4.91. The molecule has 23 heavy (non-hydrogen) atoms. The summed E-state index contributed by atoms with van der Waals surface area (Å²) in [4.78, 5) is 17.5. The van der Waals surface area contributed by atoms with E-state index < -0.39 is 0 Å². The smallest absolute Gasteiger partial charge is 0.176 e. The number of H-pyrrole nitrogens is 1. The Morgan fingerprint density at radius 2 is 2.00 bits per heavy atom. The monoisotopic (exact) mass is 313 g/mol. The first-order chi connectivity index (χ1) is 11.3. The van der Waals surface area contributed by atoms with E-state index in [4.69, 9.17) is 4.98 Å². The molecule has 124 valence electrons. The number of aromatic amines is 1. The fourth-order valence-corrected chi connectivity index (χ4v) is 3.76. The Hall–Kier alpha value is -1.65. The fourth-order valence-electron chi connectivity index (χ4n) is 3.76. The number of rotatable bonds is 5. The number of hydrogen-bond donors (Lipinski definition) is 1. The minimum atomic E-state index is 0.756. The molecule has 2 aromatic rings. The van der Waals surface area contributed by atoms with Crippen LogP contribution in [0.15, 0.2) is 11.3 Å². The Bertz CT molecular complexity index is 731. The summed E-state index contributed by atoms with van der Waals surface area (Å²) in [5.74, 6) is 2.72. The lowest BCUT2D eigenvalue weighted by molar-refractivity contribution is 0.320. The van der Waals surface area contributed by atoms with Gasteiger partial charge in [0.1, 0.15) is 11.3 Å². The molecule has 5 heteroatoms. The quantitative estimate of drug-likeness (QED) is 0.921. The van der Waals surface area contributed by atoms with Crippen LogP contribution in [0.4, 0.5) is 0 Å². The second kappa shape index (κ2) is 6.46. The maximum atomic E-state index is 4.91. The standard InChI is InChI=1S/C18H27N5/c1-2-19-17-16-18(22-15(21-16)10-13-8-9-13)23(12-20-17)11-14-6-4-3-5-7-14/h12-14H,2-11H2,1H3,(H,21,22). The predicted molar refractivity (Wildman–Crippen MR) is 91.0 cm³/mol. The number of imidazole rings is 1. The molecule has 0 aromatic carbocycles. The predicted octanol–water partition coefficient (Wildman–Crippen LogP) is 3.21. The summed E-state index contributed by atoms with van der Waals surface area (Å²) in [5.41, 5.74) is 2.89. The van der Waals surface area contributed by atoms with Crippen molar-refractivity contribution in [1.29, 1.82) is 0 Å². The molecule has 2 aliphatic rings. The van der Waals surface area contributed by atoms with Crippen molar-refractivity contribution in [3.05, 3.63) is 17.6 Å². The van der Waals surface area contributed by atoms with E-state index in [9.17, 15) is 0 Å². The van der Waals surface area contributed by atoms with Crippen molar-refractivity contribution >= 4 is 11.2 Å². The summed E-state index contributed by atoms with van der Waals surface area (Å²) in [6.45, 7) is 3.85. The first kappa shape index (κ1) is 14.9. The lowest BCUT2D eigenvalue weighted by Gasteiger charge is -2.22. The SMILES string of the molecule is CCN=c1ncn(CC2CCCCC2)c2nc(CC3CC3)[nH]c12. The van der Waals surface area contributed by atoms with Crippen molar-refractivity contribution in [1.82, 2.24) is 19.5 Å². The zero-order chi connectivity index (χ0) is 15.6. The summed E-state index contributed by atoms with van der Waals surface area (Å²) in [7, 11) is 0. The highest BCUT2D eigenvalue weighted by Gasteiger charge is 2.24. The summed E-state index contributed by atoms with van der Waals surface area (Å²) in [6.07, 6.45) is 12.6. The molecule has 2 fully saturated rings. The second-order valence-corrected chi connectivity index (χ2v) is 7.23. The highest BCUT2D eigenvalue weighted by Crippen LogP contribution is 2.32. The third-order valence-corrected chi connectivity index (χ3v) is 5.22. The van der Waals surface area contributed by atoms with Crippen LogP contribution < -0.4 is 5.49 Å². The summed E-state index contributed by atoms with van der Waals surface area (Å²) in [6, 6.07) is 0. The zero-order valence-corrected chi connectivity index (χ0v) is 14.1. The maximum Gasteiger partial charge on any atom is 0.176 e. The molecule has 5 nitrogen and oxygen atoms in total. The number of nitrogens with zero attached hydrogens (tertiary/aromatic N) is 4. The lowest BCUT2D eigenvalue weighted by Crippen LogP contribution is -2.19. The van der Waals surface area contributed by atoms with E-state index in [-0.39, 0.29) is 0 Å². The van der Waals surface area contributed by atoms with Gasteiger partial charge in [0.2, 0.25) is 0 Å². The fraction of sp³-hybridized carbons (Fsp3) is 0.722. The molecule has 0 unspecified atom stereocenters. The minimum Gasteiger partial charge on any atom is -0.338 e. The van der Waals surface area contributed by atoms with Gasteiger partial charge in [0, 0.05) is 19.5 Å². The van der Waals surface area contributed by atoms with Gasteiger partial charge < -0.3 is 9.55 Å². The normalized spacial score (nSPS) is 20.5. The number of hydrogen-bond acceptors (Lipinski definition) is 3. The van der Waals surface area contributed by atoms with Crippen LogP contribution in [-0.2, 0) is 13.0 Å². The van der Waals surface area contributed by atoms with Crippen molar-refractivity contribution in [2.75, 3.05) is 6.54 Å². The van der Waals surface area contributed by atoms with Crippen LogP contribution >= 0.6 is 0 Å². The Morgan fingerprint density at radius 3 is 2.74 bits per heavy atom. The molecule has 0 bridgehead atoms. The van der Waals surface area contributed by atoms with E-state index in [2.05, 4.69) is 26.5 Å². The van der Waals surface area contributed by atoms with E-state index in [0.717, 1.165) is 53.8 Å². The highest BCUT2D eigenvalue weighted by molar-refractivity contribution is 5.69. The molecule has 2 aliphatic carbocycles. The van der Waals surface area contributed by atoms with Crippen LogP contribution in [0.5, 0.6) is 0 Å². The lowest BCUT2D eigenvalue weighted by atomic mass is 9.89. The second-order valence-electron chi connectivity index (χ2n) is 7.23. The van der Waals surface area contributed by atoms with E-state index in [1.165, 1.54) is 44.9 Å². The minimum absolute atomic E-state index is 0.756. The van der Waals surface area contributed by atoms with Crippen LogP contribution in [0.3, 0.4) is 0 Å². The molecule has 2 heterocycles. The van der Waals surface area contributed by atoms with Gasteiger partial charge in [-0.2, -0.15) is 0 Å². The molecule has 2 saturated carbocycles. The van der Waals surface area contributed by atoms with Crippen molar-refractivity contribution in [3.8, 4) is 0 Å². The Labute approximate surface area is 137 Å². The number of aromatic nitrogens is 4. The van der Waals surface area contributed by atoms with Gasteiger partial charge in [-0.05, 0) is 44.4 Å². The number of fused-ring (bicyclic) bond motifs is 1. The van der Waals surface area contributed by atoms with Crippen molar-refractivity contribution < 1.29 is 0 Å². The van der Waals surface area contributed by atoms with Gasteiger partial charge in [-0.15, -0.1) is 0 Å². The summed E-state index contributed by atoms with van der Waals surface area (Å²) >= 11 is 0. The molecular weight excluding hydrogens is 286 g/mol. The van der Waals surface area contributed by atoms with E-state index in [1.807, 2.05) is 6.33 Å². The van der Waals surface area contributed by atoms with Gasteiger partial charge in [-0.25, -0.2) is 9.97 Å². The van der Waals surface area contributed by atoms with Gasteiger partial charge in [-0.1, -0.05) is 19.3 Å². The van der Waals surface area contributed by atoms with Gasteiger partial charge in [0.05, 0.1) is 6.33 Å². The van der Waals surface area contributed by atoms with Crippen LogP contribution in [0.1, 0.15) is 57.7 Å². The van der Waals surface area contributed by atoms with Crippen molar-refractivity contribution in [3.63, 3.8) is 0 Å². The van der Waals surface area contributed by atoms with Gasteiger partial charge in [0.15, 0.2) is 11.1 Å². The molecule has 0 aliphatic heterocycles. The molecule has 2 aromatic heterocycles. The Morgan fingerprint density at radius 1 is 1.17 bits per heavy atom. The topological polar surface area (TPSA) is 58.9 Å². The first-order valence-corrected chi connectivity index (χ1v) is 9.28. The van der Waals surface area contributed by atoms with E-state index >= 15 is 0 Å². The average molecular weight is 313 g/mol. The number of nitrogens with one attached hydrogen (secondary N) is 1. The molecule has 4 rings (SSSR count). The largest absolute Gasteiger partial charge is 0.338 e. The van der Waals surface area contributed by atoms with Crippen LogP contribution in [0, 0.1) is 11.8 Å². The average Bonchev–Trinajstić information content (AvgIpc) is 3.27. The van der Waals surface area contributed by atoms with Gasteiger partial charge >= 0.3 is 0 Å². The summed E-state index contributed by atoms with van der Waals surface area (Å²) in [5, 5.41) is 0. The van der Waals surface area contributed by atoms with Crippen LogP contribution in [0.2, 0.25) is 0 Å². The first-order valence-electron chi connectivity index (χ1n) is 9.28. The Balaban J connectivity index is 1.69. The van der Waals surface area contributed by atoms with E-state index in [0.29, 0.717) is 0 Å². The van der Waals surface area contributed by atoms with Crippen LogP contribution in [-0.4, -0.2) is 26.1 Å². The zero-order valence-electron chi connectivity index (χ0n) is 14.1. The summed E-state index contributed by atoms with van der Waals surface area (Å²) < 4.78 is 2.26. The Kier molecular flexibility index (Phi) is 4.19. The molecule has 0 saturated heterocycles. The molecule has 0 atom stereocenters. The van der Waals surface area contributed by atoms with E-state index in [1.54, 1.807) is 0 Å². The molecule has 0 amide bonds. The highest BCUT2D eigenvalue weighted by atomic mass is 15.1. The third-order valence-electron chi connectivity index (χ3n) is 5.22. The van der Waals surface area contributed by atoms with Gasteiger partial charge in [0.25, 0.3) is 0 Å². The van der Waals surface area contributed by atoms with Crippen molar-refractivity contribution in [2.24, 2.45) is 16.8 Å². The van der Waals surface area contributed by atoms with Gasteiger partial charge in [-0.3, -0.25) is 4.99 Å². The van der Waals surface area contributed by atoms with Crippen molar-refractivity contribution in [2.45, 2.75) is 64.8 Å². The molecule has 1 N–H and O–H groups in total. The van der Waals surface area contributed by atoms with Crippen LogP contribution in [0.25, 0.3) is 11.2 Å². The molecular formula is C18H27N5. The molecule has 0 spiro atoms. The molecule has 0 radical (unpaired) electrons.